The molecule has 0 aromatic heterocycles. The third kappa shape index (κ3) is 5.26. The number of hydrogen-bond acceptors (Lipinski definition) is 4. The second-order valence-corrected chi connectivity index (χ2v) is 5.70. The predicted octanol–water partition coefficient (Wildman–Crippen LogP) is 3.76. The highest BCUT2D eigenvalue weighted by Crippen LogP contribution is 2.18. The Labute approximate surface area is 145 Å². The van der Waals surface area contributed by atoms with Crippen LogP contribution in [0.5, 0.6) is 5.75 Å². The van der Waals surface area contributed by atoms with Crippen LogP contribution in [0.15, 0.2) is 42.5 Å². The fourth-order valence-electron chi connectivity index (χ4n) is 2.27. The molecule has 134 valence electrons. The van der Waals surface area contributed by atoms with E-state index in [9.17, 15) is 13.6 Å². The Morgan fingerprint density at radius 1 is 1.08 bits per heavy atom. The van der Waals surface area contributed by atoms with E-state index in [1.54, 1.807) is 25.1 Å². The molecule has 0 heterocycles. The molecule has 0 aliphatic carbocycles. The average Bonchev–Trinajstić information content (AvgIpc) is 2.62. The van der Waals surface area contributed by atoms with E-state index in [0.29, 0.717) is 17.9 Å². The van der Waals surface area contributed by atoms with Crippen molar-refractivity contribution >= 4 is 5.97 Å². The van der Waals surface area contributed by atoms with Crippen molar-refractivity contribution < 1.29 is 23.0 Å². The second kappa shape index (κ2) is 8.58. The number of nitrogens with one attached hydrogen (secondary N) is 1. The van der Waals surface area contributed by atoms with Crippen molar-refractivity contribution in [3.05, 3.63) is 65.2 Å². The number of carbonyl (C=O) groups excluding carboxylic acids is 1. The molecule has 2 rings (SSSR count). The van der Waals surface area contributed by atoms with Gasteiger partial charge in [-0.3, -0.25) is 0 Å². The summed E-state index contributed by atoms with van der Waals surface area (Å²) in [5, 5.41) is 3.25. The standard InChI is InChI=1S/C19H21F2NO3/c1-12(15-6-9-17(20)18(21)10-15)22-11-14-4-7-16(8-5-14)25-13(2)19(23)24-3/h4-10,12-13,22H,11H2,1-3H3/t12-,13-/m1/s1. The second-order valence-electron chi connectivity index (χ2n) is 5.70. The summed E-state index contributed by atoms with van der Waals surface area (Å²) in [6.07, 6.45) is -0.678. The van der Waals surface area contributed by atoms with Crippen LogP contribution >= 0.6 is 0 Å². The molecule has 2 atom stereocenters. The van der Waals surface area contributed by atoms with E-state index in [1.807, 2.05) is 19.1 Å². The lowest BCUT2D eigenvalue weighted by Crippen LogP contribution is -2.24. The quantitative estimate of drug-likeness (QED) is 0.774. The Morgan fingerprint density at radius 2 is 1.76 bits per heavy atom. The molecule has 4 nitrogen and oxygen atoms in total. The van der Waals surface area contributed by atoms with Gasteiger partial charge in [0.05, 0.1) is 7.11 Å². The monoisotopic (exact) mass is 349 g/mol. The summed E-state index contributed by atoms with van der Waals surface area (Å²) in [6.45, 7) is 4.04. The van der Waals surface area contributed by atoms with Gasteiger partial charge in [0.25, 0.3) is 0 Å². The number of halogens is 2. The molecule has 0 unspecified atom stereocenters. The highest BCUT2D eigenvalue weighted by Gasteiger charge is 2.14. The van der Waals surface area contributed by atoms with E-state index in [0.717, 1.165) is 11.6 Å². The zero-order valence-corrected chi connectivity index (χ0v) is 14.4. The molecule has 2 aromatic rings. The zero-order valence-electron chi connectivity index (χ0n) is 14.4. The van der Waals surface area contributed by atoms with Crippen molar-refractivity contribution in [2.45, 2.75) is 32.5 Å². The largest absolute Gasteiger partial charge is 0.479 e. The SMILES string of the molecule is COC(=O)[C@@H](C)Oc1ccc(CN[C@H](C)c2ccc(F)c(F)c2)cc1. The molecule has 0 aliphatic heterocycles. The van der Waals surface area contributed by atoms with Gasteiger partial charge in [-0.25, -0.2) is 13.6 Å². The van der Waals surface area contributed by atoms with Gasteiger partial charge in [-0.05, 0) is 49.2 Å². The predicted molar refractivity (Wildman–Crippen MR) is 90.2 cm³/mol. The molecular weight excluding hydrogens is 328 g/mol. The van der Waals surface area contributed by atoms with Crippen LogP contribution in [0.25, 0.3) is 0 Å². The van der Waals surface area contributed by atoms with E-state index in [4.69, 9.17) is 4.74 Å². The van der Waals surface area contributed by atoms with Gasteiger partial charge in [0.15, 0.2) is 17.7 Å². The molecule has 0 radical (unpaired) electrons. The smallest absolute Gasteiger partial charge is 0.346 e. The number of hydrogen-bond donors (Lipinski definition) is 1. The maximum Gasteiger partial charge on any atom is 0.346 e. The Hall–Kier alpha value is -2.47. The Bertz CT molecular complexity index is 719. The van der Waals surface area contributed by atoms with E-state index < -0.39 is 23.7 Å². The van der Waals surface area contributed by atoms with Crippen LogP contribution in [0.2, 0.25) is 0 Å². The number of ether oxygens (including phenoxy) is 2. The molecule has 2 aromatic carbocycles. The topological polar surface area (TPSA) is 47.6 Å². The fraction of sp³-hybridized carbons (Fsp3) is 0.316. The number of rotatable bonds is 7. The van der Waals surface area contributed by atoms with Gasteiger partial charge >= 0.3 is 5.97 Å². The summed E-state index contributed by atoms with van der Waals surface area (Å²) >= 11 is 0. The molecule has 0 saturated carbocycles. The Kier molecular flexibility index (Phi) is 6.47. The number of carbonyl (C=O) groups is 1. The van der Waals surface area contributed by atoms with Gasteiger partial charge in [0.1, 0.15) is 5.75 Å². The lowest BCUT2D eigenvalue weighted by Gasteiger charge is -2.15. The van der Waals surface area contributed by atoms with Gasteiger partial charge in [0.2, 0.25) is 0 Å². The maximum atomic E-state index is 13.3. The maximum absolute atomic E-state index is 13.3. The van der Waals surface area contributed by atoms with Crippen molar-refractivity contribution in [3.8, 4) is 5.75 Å². The Balaban J connectivity index is 1.90. The minimum atomic E-state index is -0.854. The van der Waals surface area contributed by atoms with E-state index in [1.165, 1.54) is 13.2 Å². The highest BCUT2D eigenvalue weighted by atomic mass is 19.2. The lowest BCUT2D eigenvalue weighted by atomic mass is 10.1. The van der Waals surface area contributed by atoms with Crippen LogP contribution in [-0.2, 0) is 16.1 Å². The Morgan fingerprint density at radius 3 is 2.36 bits per heavy atom. The lowest BCUT2D eigenvalue weighted by molar-refractivity contribution is -0.147. The molecule has 0 fully saturated rings. The molecular formula is C19H21F2NO3. The molecule has 0 amide bonds. The van der Waals surface area contributed by atoms with Crippen LogP contribution in [0.3, 0.4) is 0 Å². The van der Waals surface area contributed by atoms with Crippen molar-refractivity contribution in [2.24, 2.45) is 0 Å². The first-order valence-corrected chi connectivity index (χ1v) is 7.92. The molecule has 25 heavy (non-hydrogen) atoms. The van der Waals surface area contributed by atoms with Gasteiger partial charge in [0, 0.05) is 12.6 Å². The van der Waals surface area contributed by atoms with Gasteiger partial charge in [-0.1, -0.05) is 18.2 Å². The molecule has 0 aliphatic rings. The number of esters is 1. The summed E-state index contributed by atoms with van der Waals surface area (Å²) in [7, 11) is 1.31. The van der Waals surface area contributed by atoms with Crippen LogP contribution in [0.4, 0.5) is 8.78 Å². The van der Waals surface area contributed by atoms with Crippen molar-refractivity contribution in [2.75, 3.05) is 7.11 Å². The summed E-state index contributed by atoms with van der Waals surface area (Å²) < 4.78 is 36.3. The van der Waals surface area contributed by atoms with Crippen molar-refractivity contribution in [3.63, 3.8) is 0 Å². The minimum absolute atomic E-state index is 0.134. The van der Waals surface area contributed by atoms with Gasteiger partial charge in [-0.15, -0.1) is 0 Å². The highest BCUT2D eigenvalue weighted by molar-refractivity contribution is 5.74. The van der Waals surface area contributed by atoms with Crippen LogP contribution in [0, 0.1) is 11.6 Å². The van der Waals surface area contributed by atoms with Crippen LogP contribution in [-0.4, -0.2) is 19.2 Å². The van der Waals surface area contributed by atoms with E-state index in [-0.39, 0.29) is 6.04 Å². The molecule has 1 N–H and O–H groups in total. The number of methoxy groups -OCH3 is 1. The molecule has 0 spiro atoms. The number of benzene rings is 2. The summed E-state index contributed by atoms with van der Waals surface area (Å²) in [5.74, 6) is -1.58. The third-order valence-corrected chi connectivity index (χ3v) is 3.83. The first kappa shape index (κ1) is 18.9. The van der Waals surface area contributed by atoms with Crippen LogP contribution in [0.1, 0.15) is 31.0 Å². The van der Waals surface area contributed by atoms with E-state index >= 15 is 0 Å². The van der Waals surface area contributed by atoms with Crippen molar-refractivity contribution in [1.82, 2.24) is 5.32 Å². The molecule has 0 bridgehead atoms. The van der Waals surface area contributed by atoms with Crippen molar-refractivity contribution in [1.29, 1.82) is 0 Å². The summed E-state index contributed by atoms with van der Waals surface area (Å²) in [4.78, 5) is 11.3. The van der Waals surface area contributed by atoms with Crippen LogP contribution < -0.4 is 10.1 Å². The van der Waals surface area contributed by atoms with Gasteiger partial charge < -0.3 is 14.8 Å². The first-order chi connectivity index (χ1) is 11.9. The minimum Gasteiger partial charge on any atom is -0.479 e. The average molecular weight is 349 g/mol. The summed E-state index contributed by atoms with van der Waals surface area (Å²) in [5.41, 5.74) is 1.67. The van der Waals surface area contributed by atoms with Gasteiger partial charge in [-0.2, -0.15) is 0 Å². The molecule has 0 saturated heterocycles. The first-order valence-electron chi connectivity index (χ1n) is 7.92. The molecule has 6 heteroatoms. The fourth-order valence-corrected chi connectivity index (χ4v) is 2.27. The third-order valence-electron chi connectivity index (χ3n) is 3.83. The van der Waals surface area contributed by atoms with E-state index in [2.05, 4.69) is 10.1 Å². The summed E-state index contributed by atoms with van der Waals surface area (Å²) in [6, 6.07) is 11.0. The zero-order chi connectivity index (χ0) is 18.4. The normalized spacial score (nSPS) is 13.2.